The molecular weight excluding hydrogens is 388 g/mol. The van der Waals surface area contributed by atoms with Gasteiger partial charge in [-0.1, -0.05) is 47.4 Å². The molecule has 3 aromatic rings. The average molecular weight is 405 g/mol. The summed E-state index contributed by atoms with van der Waals surface area (Å²) in [7, 11) is 0. The number of rotatable bonds is 4. The molecule has 2 aromatic carbocycles. The second-order valence-electron chi connectivity index (χ2n) is 5.16. The molecule has 124 valence electrons. The zero-order valence-corrected chi connectivity index (χ0v) is 15.4. The monoisotopic (exact) mass is 404 g/mol. The highest BCUT2D eigenvalue weighted by Gasteiger charge is 2.24. The largest absolute Gasteiger partial charge is 1.00 e. The van der Waals surface area contributed by atoms with Crippen LogP contribution in [-0.2, 0) is 0 Å². The number of ketones is 1. The number of carbonyl (C=O) groups excluding carboxylic acids is 1. The van der Waals surface area contributed by atoms with E-state index in [9.17, 15) is 4.79 Å². The highest BCUT2D eigenvalue weighted by Crippen LogP contribution is 2.25. The number of hydrogen-bond donors (Lipinski definition) is 2. The summed E-state index contributed by atoms with van der Waals surface area (Å²) in [6.07, 6.45) is 0. The number of halogens is 1. The third-order valence-corrected chi connectivity index (χ3v) is 4.64. The van der Waals surface area contributed by atoms with E-state index in [-0.39, 0.29) is 28.0 Å². The summed E-state index contributed by atoms with van der Waals surface area (Å²) in [5, 5.41) is 0.986. The van der Waals surface area contributed by atoms with Gasteiger partial charge in [-0.3, -0.25) is 10.6 Å². The fraction of sp³-hybridized carbons (Fsp3) is 0.118. The van der Waals surface area contributed by atoms with Crippen molar-refractivity contribution in [3.8, 4) is 0 Å². The molecule has 0 radical (unpaired) electrons. The Labute approximate surface area is 154 Å². The van der Waals surface area contributed by atoms with Gasteiger partial charge in [-0.15, -0.1) is 4.68 Å². The molecule has 1 unspecified atom stereocenters. The molecule has 0 fully saturated rings. The third-order valence-electron chi connectivity index (χ3n) is 3.57. The van der Waals surface area contributed by atoms with Crippen LogP contribution in [0.2, 0.25) is 0 Å². The van der Waals surface area contributed by atoms with Crippen LogP contribution in [0.3, 0.4) is 0 Å². The fourth-order valence-electron chi connectivity index (χ4n) is 2.31. The lowest BCUT2D eigenvalue weighted by Gasteiger charge is -2.10. The van der Waals surface area contributed by atoms with Crippen molar-refractivity contribution < 1.29 is 26.5 Å². The van der Waals surface area contributed by atoms with E-state index in [1.165, 1.54) is 16.4 Å². The maximum atomic E-state index is 12.5. The lowest BCUT2D eigenvalue weighted by atomic mass is 10.1. The first-order chi connectivity index (χ1) is 11.1. The molecule has 3 rings (SSSR count). The normalized spacial score (nSPS) is 11.7. The van der Waals surface area contributed by atoms with Crippen LogP contribution in [0.25, 0.3) is 10.9 Å². The maximum absolute atomic E-state index is 12.5. The van der Waals surface area contributed by atoms with E-state index >= 15 is 0 Å². The molecule has 5 nitrogen and oxygen atoms in total. The van der Waals surface area contributed by atoms with Gasteiger partial charge >= 0.3 is 5.16 Å². The van der Waals surface area contributed by atoms with Crippen LogP contribution in [0.1, 0.15) is 17.3 Å². The van der Waals surface area contributed by atoms with Gasteiger partial charge in [0.25, 0.3) is 5.82 Å². The minimum atomic E-state index is -0.319. The van der Waals surface area contributed by atoms with Gasteiger partial charge < -0.3 is 22.7 Å². The van der Waals surface area contributed by atoms with Crippen LogP contribution in [0, 0.1) is 0 Å². The van der Waals surface area contributed by atoms with Gasteiger partial charge in [0.15, 0.2) is 11.3 Å². The smallest absolute Gasteiger partial charge is 0.321 e. The molecule has 1 atom stereocenters. The number of hydrogen-bond acceptors (Lipinski definition) is 5. The molecule has 24 heavy (non-hydrogen) atoms. The topological polar surface area (TPSA) is 85.9 Å². The predicted octanol–water partition coefficient (Wildman–Crippen LogP) is -0.814. The van der Waals surface area contributed by atoms with Crippen molar-refractivity contribution in [3.05, 3.63) is 60.2 Å². The summed E-state index contributed by atoms with van der Waals surface area (Å²) in [6, 6.07) is 16.7. The van der Waals surface area contributed by atoms with E-state index in [1.54, 1.807) is 12.1 Å². The predicted molar refractivity (Wildman–Crippen MR) is 92.6 cm³/mol. The number of anilines is 1. The Morgan fingerprint density at radius 1 is 1.12 bits per heavy atom. The summed E-state index contributed by atoms with van der Waals surface area (Å²) in [5.74, 6) is 6.49. The van der Waals surface area contributed by atoms with Gasteiger partial charge in [-0.05, 0) is 30.8 Å². The van der Waals surface area contributed by atoms with Crippen LogP contribution in [-0.4, -0.2) is 16.0 Å². The van der Waals surface area contributed by atoms with Gasteiger partial charge in [0.1, 0.15) is 0 Å². The number of carbonyl (C=O) groups is 1. The molecule has 0 aliphatic carbocycles. The molecule has 1 aromatic heterocycles. The Morgan fingerprint density at radius 3 is 2.46 bits per heavy atom. The molecule has 0 aliphatic rings. The van der Waals surface area contributed by atoms with Crippen molar-refractivity contribution in [2.75, 3.05) is 11.6 Å². The molecule has 0 saturated carbocycles. The Balaban J connectivity index is 0.00000208. The number of Topliss-reactive ketones (excluding diaryl/α,β-unsaturated/α-hetero) is 1. The Hall–Kier alpha value is -2.12. The van der Waals surface area contributed by atoms with E-state index in [1.807, 2.05) is 49.4 Å². The van der Waals surface area contributed by atoms with Gasteiger partial charge in [-0.25, -0.2) is 0 Å². The zero-order chi connectivity index (χ0) is 16.4. The standard InChI is InChI=1S/C17H16N4OS.BrH/c1-11(15(22)12-7-3-2-4-8-12)23-17-20-14-10-6-5-9-13(14)16(18)21(17)19;/h2-11,18H,19H2,1H3;1H. The second kappa shape index (κ2) is 7.63. The molecule has 0 spiro atoms. The zero-order valence-electron chi connectivity index (χ0n) is 13.0. The number of para-hydroxylation sites is 1. The van der Waals surface area contributed by atoms with Crippen molar-refractivity contribution in [1.82, 2.24) is 4.98 Å². The molecule has 7 heteroatoms. The number of nitrogens with zero attached hydrogens (tertiary/aromatic N) is 2. The molecular formula is C17H17BrN4OS. The van der Waals surface area contributed by atoms with Crippen LogP contribution in [0.4, 0.5) is 5.82 Å². The molecule has 4 N–H and O–H groups in total. The summed E-state index contributed by atoms with van der Waals surface area (Å²) < 4.78 is 1.34. The van der Waals surface area contributed by atoms with Crippen molar-refractivity contribution in [1.29, 1.82) is 0 Å². The number of thioether (sulfide) groups is 1. The molecule has 0 amide bonds. The van der Waals surface area contributed by atoms with Crippen molar-refractivity contribution in [2.24, 2.45) is 0 Å². The van der Waals surface area contributed by atoms with Gasteiger partial charge in [0, 0.05) is 5.56 Å². The number of benzene rings is 2. The first kappa shape index (κ1) is 18.2. The Bertz CT molecular complexity index is 873. The first-order valence-electron chi connectivity index (χ1n) is 7.19. The number of aromatic nitrogens is 2. The summed E-state index contributed by atoms with van der Waals surface area (Å²) >= 11 is 1.30. The Kier molecular flexibility index (Phi) is 5.80. The van der Waals surface area contributed by atoms with Crippen molar-refractivity contribution in [2.45, 2.75) is 17.3 Å². The summed E-state index contributed by atoms with van der Waals surface area (Å²) in [6.45, 7) is 1.84. The van der Waals surface area contributed by atoms with E-state index in [2.05, 4.69) is 4.98 Å². The quantitative estimate of drug-likeness (QED) is 0.195. The maximum Gasteiger partial charge on any atom is 0.321 e. The van der Waals surface area contributed by atoms with Gasteiger partial charge in [0.05, 0.1) is 10.6 Å². The van der Waals surface area contributed by atoms with E-state index in [4.69, 9.17) is 11.6 Å². The number of nitrogens with two attached hydrogens (primary N) is 2. The molecule has 0 saturated heterocycles. The Morgan fingerprint density at radius 2 is 1.75 bits per heavy atom. The molecule has 1 heterocycles. The van der Waals surface area contributed by atoms with Crippen molar-refractivity contribution >= 4 is 34.3 Å². The number of fused-ring (bicyclic) bond motifs is 1. The van der Waals surface area contributed by atoms with Crippen LogP contribution < -0.4 is 33.2 Å². The number of nitrogen functional groups attached to an aromatic ring is 2. The minimum Gasteiger partial charge on any atom is -1.00 e. The highest BCUT2D eigenvalue weighted by atomic mass is 79.9. The van der Waals surface area contributed by atoms with E-state index in [0.717, 1.165) is 10.9 Å². The van der Waals surface area contributed by atoms with E-state index < -0.39 is 0 Å². The van der Waals surface area contributed by atoms with Gasteiger partial charge in [0.2, 0.25) is 0 Å². The highest BCUT2D eigenvalue weighted by molar-refractivity contribution is 8.00. The summed E-state index contributed by atoms with van der Waals surface area (Å²) in [4.78, 5) is 17.0. The van der Waals surface area contributed by atoms with Crippen LogP contribution in [0.15, 0.2) is 59.8 Å². The second-order valence-corrected chi connectivity index (χ2v) is 6.47. The average Bonchev–Trinajstić information content (AvgIpc) is 2.59. The fourth-order valence-corrected chi connectivity index (χ4v) is 3.23. The lowest BCUT2D eigenvalue weighted by molar-refractivity contribution is -0.666. The van der Waals surface area contributed by atoms with Crippen LogP contribution >= 0.6 is 11.8 Å². The van der Waals surface area contributed by atoms with E-state index in [0.29, 0.717) is 16.5 Å². The van der Waals surface area contributed by atoms with Crippen molar-refractivity contribution in [3.63, 3.8) is 0 Å². The first-order valence-corrected chi connectivity index (χ1v) is 8.07. The SMILES string of the molecule is CC(Sc1nc2ccccc2c(N)[n+]1N)C(=O)c1ccccc1.[Br-]. The molecule has 0 bridgehead atoms. The van der Waals surface area contributed by atoms with Gasteiger partial charge in [-0.2, -0.15) is 0 Å². The lowest BCUT2D eigenvalue weighted by Crippen LogP contribution is -3.00. The summed E-state index contributed by atoms with van der Waals surface area (Å²) in [5.41, 5.74) is 7.51. The molecule has 0 aliphatic heterocycles. The third kappa shape index (κ3) is 3.52. The van der Waals surface area contributed by atoms with Crippen LogP contribution in [0.5, 0.6) is 0 Å². The minimum absolute atomic E-state index is 0.